The van der Waals surface area contributed by atoms with Gasteiger partial charge in [0.2, 0.25) is 0 Å². The summed E-state index contributed by atoms with van der Waals surface area (Å²) in [7, 11) is 0. The largest absolute Gasteiger partial charge is 0.382 e. The molecule has 1 aliphatic rings. The molecule has 1 N–H and O–H groups in total. The number of benzene rings is 1. The van der Waals surface area contributed by atoms with Gasteiger partial charge in [-0.1, -0.05) is 13.0 Å². The number of likely N-dealkylation sites (N-methyl/N-ethyl adjacent to an activating group) is 1. The van der Waals surface area contributed by atoms with Crippen molar-refractivity contribution < 1.29 is 4.74 Å². The molecule has 1 aromatic carbocycles. The van der Waals surface area contributed by atoms with E-state index in [1.165, 1.54) is 9.26 Å². The molecule has 3 nitrogen and oxygen atoms in total. The predicted molar refractivity (Wildman–Crippen MR) is 79.5 cm³/mol. The van der Waals surface area contributed by atoms with Gasteiger partial charge in [0.25, 0.3) is 0 Å². The minimum atomic E-state index is 0.307. The van der Waals surface area contributed by atoms with Gasteiger partial charge in [0.05, 0.1) is 12.7 Å². The van der Waals surface area contributed by atoms with E-state index in [1.807, 2.05) is 0 Å². The van der Waals surface area contributed by atoms with E-state index in [0.29, 0.717) is 6.10 Å². The second kappa shape index (κ2) is 6.56. The third-order valence-electron chi connectivity index (χ3n) is 3.03. The Bertz CT molecular complexity index is 359. The number of hydrogen-bond donors (Lipinski definition) is 1. The van der Waals surface area contributed by atoms with Crippen LogP contribution < -0.4 is 5.32 Å². The van der Waals surface area contributed by atoms with Crippen molar-refractivity contribution >= 4 is 28.3 Å². The van der Waals surface area contributed by atoms with Crippen molar-refractivity contribution in [3.05, 3.63) is 27.8 Å². The molecule has 1 aliphatic heterocycles. The minimum Gasteiger partial charge on any atom is -0.382 e. The van der Waals surface area contributed by atoms with Gasteiger partial charge in [-0.15, -0.1) is 0 Å². The Kier molecular flexibility index (Phi) is 5.06. The standard InChI is InChI=1S/C13H19IN2O/c1-2-16-6-7-17-13(10-16)9-15-12-5-3-4-11(14)8-12/h3-5,8,13,15H,2,6-7,9-10H2,1H3. The highest BCUT2D eigenvalue weighted by Gasteiger charge is 2.18. The summed E-state index contributed by atoms with van der Waals surface area (Å²) in [6, 6.07) is 8.43. The van der Waals surface area contributed by atoms with Crippen molar-refractivity contribution in [3.8, 4) is 0 Å². The first-order valence-electron chi connectivity index (χ1n) is 6.11. The molecule has 4 heteroatoms. The lowest BCUT2D eigenvalue weighted by molar-refractivity contribution is -0.0191. The van der Waals surface area contributed by atoms with Crippen LogP contribution in [-0.4, -0.2) is 43.8 Å². The topological polar surface area (TPSA) is 24.5 Å². The Morgan fingerprint density at radius 3 is 3.18 bits per heavy atom. The SMILES string of the molecule is CCN1CCOC(CNc2cccc(I)c2)C1. The molecule has 94 valence electrons. The number of anilines is 1. The summed E-state index contributed by atoms with van der Waals surface area (Å²) in [6.07, 6.45) is 0.307. The van der Waals surface area contributed by atoms with Crippen molar-refractivity contribution in [1.29, 1.82) is 0 Å². The predicted octanol–water partition coefficient (Wildman–Crippen LogP) is 2.42. The Hall–Kier alpha value is -0.330. The van der Waals surface area contributed by atoms with Gasteiger partial charge in [-0.25, -0.2) is 0 Å². The lowest BCUT2D eigenvalue weighted by Gasteiger charge is -2.32. The highest BCUT2D eigenvalue weighted by molar-refractivity contribution is 14.1. The molecule has 1 heterocycles. The molecule has 2 rings (SSSR count). The van der Waals surface area contributed by atoms with Crippen molar-refractivity contribution in [2.75, 3.05) is 38.1 Å². The molecule has 1 saturated heterocycles. The fourth-order valence-corrected chi connectivity index (χ4v) is 2.56. The normalized spacial score (nSPS) is 21.4. The Labute approximate surface area is 117 Å². The number of hydrogen-bond acceptors (Lipinski definition) is 3. The van der Waals surface area contributed by atoms with Crippen LogP contribution in [0.15, 0.2) is 24.3 Å². The molecule has 17 heavy (non-hydrogen) atoms. The van der Waals surface area contributed by atoms with E-state index in [9.17, 15) is 0 Å². The van der Waals surface area contributed by atoms with Crippen LogP contribution in [0.5, 0.6) is 0 Å². The molecule has 0 bridgehead atoms. The van der Waals surface area contributed by atoms with E-state index < -0.39 is 0 Å². The summed E-state index contributed by atoms with van der Waals surface area (Å²) in [5, 5.41) is 3.44. The molecule has 0 aromatic heterocycles. The van der Waals surface area contributed by atoms with Crippen LogP contribution in [0.2, 0.25) is 0 Å². The van der Waals surface area contributed by atoms with Crippen LogP contribution in [0.25, 0.3) is 0 Å². The number of ether oxygens (including phenoxy) is 1. The minimum absolute atomic E-state index is 0.307. The number of halogens is 1. The van der Waals surface area contributed by atoms with Crippen LogP contribution in [0.3, 0.4) is 0 Å². The second-order valence-electron chi connectivity index (χ2n) is 4.28. The summed E-state index contributed by atoms with van der Waals surface area (Å²) in [4.78, 5) is 2.44. The average molecular weight is 346 g/mol. The summed E-state index contributed by atoms with van der Waals surface area (Å²) in [5.74, 6) is 0. The maximum atomic E-state index is 5.76. The van der Waals surface area contributed by atoms with Crippen molar-refractivity contribution in [2.45, 2.75) is 13.0 Å². The van der Waals surface area contributed by atoms with E-state index >= 15 is 0 Å². The molecule has 0 radical (unpaired) electrons. The van der Waals surface area contributed by atoms with Crippen molar-refractivity contribution in [2.24, 2.45) is 0 Å². The smallest absolute Gasteiger partial charge is 0.0874 e. The number of nitrogens with one attached hydrogen (secondary N) is 1. The van der Waals surface area contributed by atoms with Crippen LogP contribution in [-0.2, 0) is 4.74 Å². The Morgan fingerprint density at radius 2 is 2.41 bits per heavy atom. The summed E-state index contributed by atoms with van der Waals surface area (Å²) in [6.45, 7) is 7.16. The highest BCUT2D eigenvalue weighted by atomic mass is 127. The maximum Gasteiger partial charge on any atom is 0.0874 e. The second-order valence-corrected chi connectivity index (χ2v) is 5.52. The molecule has 1 unspecified atom stereocenters. The van der Waals surface area contributed by atoms with Gasteiger partial charge in [0.15, 0.2) is 0 Å². The van der Waals surface area contributed by atoms with Crippen LogP contribution in [0.1, 0.15) is 6.92 Å². The summed E-state index contributed by atoms with van der Waals surface area (Å²) < 4.78 is 7.01. The zero-order valence-electron chi connectivity index (χ0n) is 10.2. The molecule has 1 aromatic rings. The van der Waals surface area contributed by atoms with Gasteiger partial charge in [0.1, 0.15) is 0 Å². The third-order valence-corrected chi connectivity index (χ3v) is 3.70. The van der Waals surface area contributed by atoms with E-state index in [-0.39, 0.29) is 0 Å². The first-order chi connectivity index (χ1) is 8.28. The van der Waals surface area contributed by atoms with Crippen LogP contribution in [0.4, 0.5) is 5.69 Å². The average Bonchev–Trinajstić information content (AvgIpc) is 2.37. The summed E-state index contributed by atoms with van der Waals surface area (Å²) >= 11 is 2.33. The Morgan fingerprint density at radius 1 is 1.53 bits per heavy atom. The molecule has 0 spiro atoms. The van der Waals surface area contributed by atoms with Gasteiger partial charge in [0, 0.05) is 28.9 Å². The molecular formula is C13H19IN2O. The third kappa shape index (κ3) is 4.12. The first kappa shape index (κ1) is 13.1. The first-order valence-corrected chi connectivity index (χ1v) is 7.19. The van der Waals surface area contributed by atoms with Gasteiger partial charge >= 0.3 is 0 Å². The molecule has 1 fully saturated rings. The van der Waals surface area contributed by atoms with Crippen molar-refractivity contribution in [3.63, 3.8) is 0 Å². The maximum absolute atomic E-state index is 5.76. The molecule has 1 atom stereocenters. The van der Waals surface area contributed by atoms with E-state index in [1.54, 1.807) is 0 Å². The fourth-order valence-electron chi connectivity index (χ4n) is 2.02. The highest BCUT2D eigenvalue weighted by Crippen LogP contribution is 2.13. The van der Waals surface area contributed by atoms with E-state index in [0.717, 1.165) is 32.8 Å². The Balaban J connectivity index is 1.81. The van der Waals surface area contributed by atoms with Crippen LogP contribution in [0, 0.1) is 3.57 Å². The molecular weight excluding hydrogens is 327 g/mol. The number of rotatable bonds is 4. The molecule has 0 aliphatic carbocycles. The molecule has 0 amide bonds. The van der Waals surface area contributed by atoms with Gasteiger partial charge < -0.3 is 10.1 Å². The van der Waals surface area contributed by atoms with Crippen LogP contribution >= 0.6 is 22.6 Å². The van der Waals surface area contributed by atoms with Crippen molar-refractivity contribution in [1.82, 2.24) is 4.90 Å². The number of nitrogens with zero attached hydrogens (tertiary/aromatic N) is 1. The lowest BCUT2D eigenvalue weighted by Crippen LogP contribution is -2.45. The van der Waals surface area contributed by atoms with Gasteiger partial charge in [-0.05, 0) is 47.3 Å². The monoisotopic (exact) mass is 346 g/mol. The lowest BCUT2D eigenvalue weighted by atomic mass is 10.2. The zero-order valence-corrected chi connectivity index (χ0v) is 12.3. The van der Waals surface area contributed by atoms with E-state index in [2.05, 4.69) is 64.0 Å². The fraction of sp³-hybridized carbons (Fsp3) is 0.538. The number of morpholine rings is 1. The quantitative estimate of drug-likeness (QED) is 0.848. The van der Waals surface area contributed by atoms with E-state index in [4.69, 9.17) is 4.74 Å². The van der Waals surface area contributed by atoms with Gasteiger partial charge in [-0.3, -0.25) is 4.90 Å². The zero-order chi connectivity index (χ0) is 12.1. The van der Waals surface area contributed by atoms with Gasteiger partial charge in [-0.2, -0.15) is 0 Å². The summed E-state index contributed by atoms with van der Waals surface area (Å²) in [5.41, 5.74) is 1.18. The molecule has 0 saturated carbocycles.